The van der Waals surface area contributed by atoms with Gasteiger partial charge in [0.1, 0.15) is 11.6 Å². The molecule has 3 rings (SSSR count). The Bertz CT molecular complexity index is 745. The van der Waals surface area contributed by atoms with Gasteiger partial charge in [-0.3, -0.25) is 0 Å². The number of nitrogens with two attached hydrogens (primary N) is 1. The highest BCUT2D eigenvalue weighted by molar-refractivity contribution is 7.15. The van der Waals surface area contributed by atoms with E-state index in [4.69, 9.17) is 5.73 Å². The lowest BCUT2D eigenvalue weighted by Gasteiger charge is -2.00. The Kier molecular flexibility index (Phi) is 3.38. The summed E-state index contributed by atoms with van der Waals surface area (Å²) in [6.07, 6.45) is 1.77. The van der Waals surface area contributed by atoms with E-state index < -0.39 is 0 Å². The first-order valence-corrected chi connectivity index (χ1v) is 7.09. The molecule has 0 amide bonds. The van der Waals surface area contributed by atoms with Gasteiger partial charge in [0.05, 0.1) is 16.8 Å². The third-order valence-corrected chi connectivity index (χ3v) is 4.26. The van der Waals surface area contributed by atoms with Crippen LogP contribution >= 0.6 is 11.3 Å². The normalized spacial score (nSPS) is 10.9. The number of hydrogen-bond acceptors (Lipinski definition) is 3. The Morgan fingerprint density at radius 2 is 2.15 bits per heavy atom. The van der Waals surface area contributed by atoms with Crippen LogP contribution in [0.4, 0.5) is 4.39 Å². The quantitative estimate of drug-likeness (QED) is 0.771. The molecule has 0 atom stereocenters. The van der Waals surface area contributed by atoms with E-state index in [0.29, 0.717) is 12.1 Å². The first kappa shape index (κ1) is 13.0. The van der Waals surface area contributed by atoms with Crippen LogP contribution in [-0.4, -0.2) is 9.97 Å². The van der Waals surface area contributed by atoms with Crippen LogP contribution in [0.15, 0.2) is 36.5 Å². The molecule has 2 aromatic heterocycles. The molecule has 3 nitrogen and oxygen atoms in total. The Balaban J connectivity index is 1.95. The number of hydrogen-bond donors (Lipinski definition) is 2. The summed E-state index contributed by atoms with van der Waals surface area (Å²) in [5, 5.41) is 0. The first-order chi connectivity index (χ1) is 9.67. The second kappa shape index (κ2) is 5.19. The molecular weight excluding hydrogens is 273 g/mol. The molecule has 5 heteroatoms. The molecule has 0 radical (unpaired) electrons. The first-order valence-electron chi connectivity index (χ1n) is 6.28. The standard InChI is InChI=1S/C15H14FN3S/c1-9-6-10(2-4-12(9)16)13-8-18-15(19-13)14-5-3-11(7-17)20-14/h2-6,8H,7,17H2,1H3,(H,18,19). The SMILES string of the molecule is Cc1cc(-c2cnc(-c3ccc(CN)s3)[nH]2)ccc1F. The van der Waals surface area contributed by atoms with Crippen molar-refractivity contribution in [2.24, 2.45) is 5.73 Å². The van der Waals surface area contributed by atoms with Crippen LogP contribution in [0.5, 0.6) is 0 Å². The summed E-state index contributed by atoms with van der Waals surface area (Å²) in [5.74, 6) is 0.617. The summed E-state index contributed by atoms with van der Waals surface area (Å²) in [7, 11) is 0. The zero-order valence-corrected chi connectivity index (χ0v) is 11.8. The van der Waals surface area contributed by atoms with E-state index in [1.807, 2.05) is 18.2 Å². The third kappa shape index (κ3) is 2.37. The van der Waals surface area contributed by atoms with E-state index >= 15 is 0 Å². The summed E-state index contributed by atoms with van der Waals surface area (Å²) in [6, 6.07) is 9.05. The molecule has 3 N–H and O–H groups in total. The number of imidazole rings is 1. The molecule has 0 aliphatic carbocycles. The van der Waals surface area contributed by atoms with E-state index in [-0.39, 0.29) is 5.82 Å². The summed E-state index contributed by atoms with van der Waals surface area (Å²) >= 11 is 1.62. The lowest BCUT2D eigenvalue weighted by Crippen LogP contribution is -1.91. The highest BCUT2D eigenvalue weighted by atomic mass is 32.1. The second-order valence-electron chi connectivity index (χ2n) is 4.58. The summed E-state index contributed by atoms with van der Waals surface area (Å²) in [5.41, 5.74) is 8.05. The number of rotatable bonds is 3. The molecule has 0 fully saturated rings. The molecule has 0 saturated heterocycles. The highest BCUT2D eigenvalue weighted by Gasteiger charge is 2.09. The Morgan fingerprint density at radius 3 is 2.85 bits per heavy atom. The molecule has 1 aromatic carbocycles. The van der Waals surface area contributed by atoms with Crippen molar-refractivity contribution in [3.63, 3.8) is 0 Å². The second-order valence-corrected chi connectivity index (χ2v) is 5.75. The monoisotopic (exact) mass is 287 g/mol. The van der Waals surface area contributed by atoms with Gasteiger partial charge in [-0.15, -0.1) is 11.3 Å². The van der Waals surface area contributed by atoms with Gasteiger partial charge in [-0.25, -0.2) is 9.37 Å². The Labute approximate surface area is 120 Å². The zero-order chi connectivity index (χ0) is 14.1. The maximum absolute atomic E-state index is 13.3. The minimum Gasteiger partial charge on any atom is -0.337 e. The van der Waals surface area contributed by atoms with Crippen LogP contribution in [0.1, 0.15) is 10.4 Å². The van der Waals surface area contributed by atoms with E-state index in [9.17, 15) is 4.39 Å². The number of nitrogens with zero attached hydrogens (tertiary/aromatic N) is 1. The molecule has 0 aliphatic heterocycles. The van der Waals surface area contributed by atoms with Gasteiger partial charge in [0.25, 0.3) is 0 Å². The molecular formula is C15H14FN3S. The van der Waals surface area contributed by atoms with Gasteiger partial charge < -0.3 is 10.7 Å². The predicted octanol–water partition coefficient (Wildman–Crippen LogP) is 3.71. The van der Waals surface area contributed by atoms with Gasteiger partial charge >= 0.3 is 0 Å². The van der Waals surface area contributed by atoms with Gasteiger partial charge in [0.2, 0.25) is 0 Å². The zero-order valence-electron chi connectivity index (χ0n) is 11.0. The Morgan fingerprint density at radius 1 is 1.30 bits per heavy atom. The summed E-state index contributed by atoms with van der Waals surface area (Å²) < 4.78 is 13.3. The van der Waals surface area contributed by atoms with E-state index in [1.165, 1.54) is 6.07 Å². The third-order valence-electron chi connectivity index (χ3n) is 3.14. The maximum Gasteiger partial charge on any atom is 0.147 e. The Hall–Kier alpha value is -1.98. The number of aromatic nitrogens is 2. The van der Waals surface area contributed by atoms with Gasteiger partial charge in [0.15, 0.2) is 0 Å². The van der Waals surface area contributed by atoms with Crippen molar-refractivity contribution in [2.75, 3.05) is 0 Å². The lowest BCUT2D eigenvalue weighted by atomic mass is 10.1. The number of thiophene rings is 1. The fraction of sp³-hybridized carbons (Fsp3) is 0.133. The van der Waals surface area contributed by atoms with E-state index in [2.05, 4.69) is 9.97 Å². The van der Waals surface area contributed by atoms with Crippen LogP contribution in [0.3, 0.4) is 0 Å². The average molecular weight is 287 g/mol. The van der Waals surface area contributed by atoms with Crippen molar-refractivity contribution in [1.29, 1.82) is 0 Å². The molecule has 0 unspecified atom stereocenters. The van der Waals surface area contributed by atoms with Crippen molar-refractivity contribution < 1.29 is 4.39 Å². The van der Waals surface area contributed by atoms with Crippen molar-refractivity contribution in [1.82, 2.24) is 9.97 Å². The van der Waals surface area contributed by atoms with E-state index in [1.54, 1.807) is 30.5 Å². The fourth-order valence-corrected chi connectivity index (χ4v) is 2.86. The van der Waals surface area contributed by atoms with Crippen LogP contribution in [0.25, 0.3) is 22.0 Å². The number of aromatic amines is 1. The fourth-order valence-electron chi connectivity index (χ4n) is 2.02. The summed E-state index contributed by atoms with van der Waals surface area (Å²) in [4.78, 5) is 9.82. The molecule has 0 saturated carbocycles. The number of benzene rings is 1. The van der Waals surface area contributed by atoms with Crippen LogP contribution in [0, 0.1) is 12.7 Å². The summed E-state index contributed by atoms with van der Waals surface area (Å²) in [6.45, 7) is 2.29. The molecule has 0 bridgehead atoms. The van der Waals surface area contributed by atoms with Crippen molar-refractivity contribution in [2.45, 2.75) is 13.5 Å². The topological polar surface area (TPSA) is 54.7 Å². The average Bonchev–Trinajstić information content (AvgIpc) is 3.09. The number of halogens is 1. The molecule has 20 heavy (non-hydrogen) atoms. The van der Waals surface area contributed by atoms with Crippen molar-refractivity contribution in [3.05, 3.63) is 52.8 Å². The number of H-pyrrole nitrogens is 1. The highest BCUT2D eigenvalue weighted by Crippen LogP contribution is 2.28. The largest absolute Gasteiger partial charge is 0.337 e. The van der Waals surface area contributed by atoms with Gasteiger partial charge in [-0.05, 0) is 42.8 Å². The van der Waals surface area contributed by atoms with Crippen molar-refractivity contribution in [3.8, 4) is 22.0 Å². The predicted molar refractivity (Wildman–Crippen MR) is 79.9 cm³/mol. The molecule has 0 spiro atoms. The van der Waals surface area contributed by atoms with Gasteiger partial charge in [-0.1, -0.05) is 0 Å². The van der Waals surface area contributed by atoms with Gasteiger partial charge in [-0.2, -0.15) is 0 Å². The van der Waals surface area contributed by atoms with E-state index in [0.717, 1.165) is 26.8 Å². The number of nitrogens with one attached hydrogen (secondary N) is 1. The molecule has 2 heterocycles. The van der Waals surface area contributed by atoms with Crippen LogP contribution in [0.2, 0.25) is 0 Å². The number of aryl methyl sites for hydroxylation is 1. The maximum atomic E-state index is 13.3. The molecule has 3 aromatic rings. The minimum atomic E-state index is -0.195. The smallest absolute Gasteiger partial charge is 0.147 e. The molecule has 0 aliphatic rings. The minimum absolute atomic E-state index is 0.195. The molecule has 102 valence electrons. The van der Waals surface area contributed by atoms with Crippen LogP contribution in [-0.2, 0) is 6.54 Å². The van der Waals surface area contributed by atoms with Gasteiger partial charge in [0, 0.05) is 17.0 Å². The lowest BCUT2D eigenvalue weighted by molar-refractivity contribution is 0.619. The van der Waals surface area contributed by atoms with Crippen molar-refractivity contribution >= 4 is 11.3 Å². The van der Waals surface area contributed by atoms with Crippen LogP contribution < -0.4 is 5.73 Å².